The molecule has 0 aliphatic rings. The van der Waals surface area contributed by atoms with Crippen LogP contribution in [0.25, 0.3) is 28.2 Å². The molecule has 0 saturated carbocycles. The van der Waals surface area contributed by atoms with Gasteiger partial charge in [0.1, 0.15) is 16.7 Å². The van der Waals surface area contributed by atoms with Crippen molar-refractivity contribution in [3.8, 4) is 11.3 Å². The van der Waals surface area contributed by atoms with Gasteiger partial charge in [-0.1, -0.05) is 54.1 Å². The highest BCUT2D eigenvalue weighted by Crippen LogP contribution is 2.31. The number of imidazole rings is 1. The third-order valence-corrected chi connectivity index (χ3v) is 6.53. The highest BCUT2D eigenvalue weighted by Gasteiger charge is 2.21. The number of nitrogens with one attached hydrogen (secondary N) is 3. The molecule has 170 valence electrons. The van der Waals surface area contributed by atoms with E-state index < -0.39 is 6.04 Å². The number of aromatic amines is 2. The monoisotopic (exact) mass is 488 g/mol. The highest BCUT2D eigenvalue weighted by molar-refractivity contribution is 7.10. The zero-order chi connectivity index (χ0) is 23.5. The van der Waals surface area contributed by atoms with Crippen LogP contribution in [0.4, 0.5) is 5.82 Å². The minimum atomic E-state index is -0.402. The van der Waals surface area contributed by atoms with E-state index in [0.717, 1.165) is 26.9 Å². The lowest BCUT2D eigenvalue weighted by Gasteiger charge is -2.16. The summed E-state index contributed by atoms with van der Waals surface area (Å²) in [6.45, 7) is 0. The smallest absolute Gasteiger partial charge is 0.244 e. The number of halogens is 1. The Labute approximate surface area is 204 Å². The number of nitrogen functional groups attached to an aromatic ring is 1. The van der Waals surface area contributed by atoms with E-state index in [1.54, 1.807) is 17.4 Å². The maximum Gasteiger partial charge on any atom is 0.244 e. The summed E-state index contributed by atoms with van der Waals surface area (Å²) in [5.74, 6) is 0.806. The number of amides is 1. The van der Waals surface area contributed by atoms with Crippen LogP contribution in [-0.4, -0.2) is 26.1 Å². The molecule has 5 N–H and O–H groups in total. The molecule has 0 fully saturated rings. The van der Waals surface area contributed by atoms with Gasteiger partial charge in [0.15, 0.2) is 5.82 Å². The molecule has 7 nitrogen and oxygen atoms in total. The van der Waals surface area contributed by atoms with E-state index in [1.807, 2.05) is 66.0 Å². The van der Waals surface area contributed by atoms with Crippen molar-refractivity contribution >= 4 is 51.6 Å². The molecule has 0 aliphatic heterocycles. The number of nitrogens with zero attached hydrogens (tertiary/aromatic N) is 2. The second-order valence-corrected chi connectivity index (χ2v) is 9.11. The first-order valence-corrected chi connectivity index (χ1v) is 11.9. The molecule has 0 aliphatic carbocycles. The minimum Gasteiger partial charge on any atom is -0.382 e. The van der Waals surface area contributed by atoms with Crippen LogP contribution < -0.4 is 11.1 Å². The van der Waals surface area contributed by atoms with Gasteiger partial charge in [-0.2, -0.15) is 5.10 Å². The predicted octanol–water partition coefficient (Wildman–Crippen LogP) is 5.36. The number of hydrogen-bond donors (Lipinski definition) is 4. The van der Waals surface area contributed by atoms with E-state index in [2.05, 4.69) is 20.5 Å². The third-order valence-electron chi connectivity index (χ3n) is 5.42. The third kappa shape index (κ3) is 4.73. The fourth-order valence-electron chi connectivity index (χ4n) is 3.74. The van der Waals surface area contributed by atoms with Gasteiger partial charge in [-0.15, -0.1) is 11.3 Å². The molecule has 0 radical (unpaired) electrons. The predicted molar refractivity (Wildman–Crippen MR) is 137 cm³/mol. The Bertz CT molecular complexity index is 1460. The molecule has 1 amide bonds. The first-order valence-electron chi connectivity index (χ1n) is 10.6. The fraction of sp³-hybridized carbons (Fsp3) is 0.0800. The average molecular weight is 489 g/mol. The van der Waals surface area contributed by atoms with E-state index in [1.165, 1.54) is 6.08 Å². The molecular weight excluding hydrogens is 468 g/mol. The normalized spacial score (nSPS) is 12.4. The first kappa shape index (κ1) is 21.9. The Balaban J connectivity index is 1.44. The second kappa shape index (κ2) is 9.54. The van der Waals surface area contributed by atoms with Crippen molar-refractivity contribution in [2.45, 2.75) is 12.5 Å². The van der Waals surface area contributed by atoms with Crippen LogP contribution in [0, 0.1) is 0 Å². The first-order chi connectivity index (χ1) is 16.6. The van der Waals surface area contributed by atoms with Crippen LogP contribution in [0.3, 0.4) is 0 Å². The minimum absolute atomic E-state index is 0.210. The van der Waals surface area contributed by atoms with Crippen LogP contribution in [0.15, 0.2) is 72.1 Å². The molecule has 34 heavy (non-hydrogen) atoms. The number of benzene rings is 2. The van der Waals surface area contributed by atoms with E-state index in [4.69, 9.17) is 22.3 Å². The molecular formula is C25H21ClN6OS. The number of H-pyrrole nitrogens is 2. The number of carbonyl (C=O) groups is 1. The number of rotatable bonds is 7. The van der Waals surface area contributed by atoms with Gasteiger partial charge in [-0.3, -0.25) is 9.89 Å². The SMILES string of the molecule is Nc1n[nH]c2cc(-c3nc([C@H](Cc4ccccc4)NC(=O)C=Cc4cccs4)[nH]c3Cl)ccc12. The van der Waals surface area contributed by atoms with Gasteiger partial charge in [0, 0.05) is 21.9 Å². The summed E-state index contributed by atoms with van der Waals surface area (Å²) in [5.41, 5.74) is 9.14. The summed E-state index contributed by atoms with van der Waals surface area (Å²) < 4.78 is 0. The van der Waals surface area contributed by atoms with Gasteiger partial charge in [0.25, 0.3) is 0 Å². The lowest BCUT2D eigenvalue weighted by atomic mass is 10.1. The largest absolute Gasteiger partial charge is 0.382 e. The van der Waals surface area contributed by atoms with Gasteiger partial charge in [0.05, 0.1) is 11.6 Å². The van der Waals surface area contributed by atoms with Crippen LogP contribution >= 0.6 is 22.9 Å². The molecule has 5 rings (SSSR count). The fourth-order valence-corrected chi connectivity index (χ4v) is 4.61. The summed E-state index contributed by atoms with van der Waals surface area (Å²) in [6, 6.07) is 19.1. The molecule has 0 unspecified atom stereocenters. The summed E-state index contributed by atoms with van der Waals surface area (Å²) in [7, 11) is 0. The molecule has 9 heteroatoms. The van der Waals surface area contributed by atoms with Gasteiger partial charge in [-0.05, 0) is 41.6 Å². The van der Waals surface area contributed by atoms with Gasteiger partial charge >= 0.3 is 0 Å². The molecule has 0 spiro atoms. The Morgan fingerprint density at radius 1 is 1.18 bits per heavy atom. The second-order valence-electron chi connectivity index (χ2n) is 7.75. The summed E-state index contributed by atoms with van der Waals surface area (Å²) in [6.07, 6.45) is 3.89. The Hall–Kier alpha value is -3.88. The summed E-state index contributed by atoms with van der Waals surface area (Å²) in [5, 5.41) is 13.2. The molecule has 0 bridgehead atoms. The zero-order valence-corrected chi connectivity index (χ0v) is 19.5. The molecule has 3 aromatic heterocycles. The highest BCUT2D eigenvalue weighted by atomic mass is 35.5. The van der Waals surface area contributed by atoms with Crippen LogP contribution in [0.5, 0.6) is 0 Å². The number of nitrogens with two attached hydrogens (primary N) is 1. The van der Waals surface area contributed by atoms with Crippen LogP contribution in [0.1, 0.15) is 22.3 Å². The molecule has 0 saturated heterocycles. The van der Waals surface area contributed by atoms with Crippen LogP contribution in [-0.2, 0) is 11.2 Å². The van der Waals surface area contributed by atoms with Gasteiger partial charge in [-0.25, -0.2) is 4.98 Å². The van der Waals surface area contributed by atoms with E-state index >= 15 is 0 Å². The van der Waals surface area contributed by atoms with Crippen molar-refractivity contribution in [2.24, 2.45) is 0 Å². The van der Waals surface area contributed by atoms with Crippen molar-refractivity contribution in [2.75, 3.05) is 5.73 Å². The molecule has 1 atom stereocenters. The summed E-state index contributed by atoms with van der Waals surface area (Å²) >= 11 is 8.12. The maximum atomic E-state index is 12.7. The van der Waals surface area contributed by atoms with E-state index in [-0.39, 0.29) is 5.91 Å². The zero-order valence-electron chi connectivity index (χ0n) is 18.0. The van der Waals surface area contributed by atoms with Crippen molar-refractivity contribution in [3.63, 3.8) is 0 Å². The van der Waals surface area contributed by atoms with Crippen molar-refractivity contribution in [1.82, 2.24) is 25.5 Å². The van der Waals surface area contributed by atoms with E-state index in [9.17, 15) is 4.79 Å². The van der Waals surface area contributed by atoms with E-state index in [0.29, 0.717) is 28.9 Å². The summed E-state index contributed by atoms with van der Waals surface area (Å²) in [4.78, 5) is 21.7. The molecule has 5 aromatic rings. The van der Waals surface area contributed by atoms with Crippen molar-refractivity contribution < 1.29 is 4.79 Å². The number of carbonyl (C=O) groups excluding carboxylic acids is 1. The maximum absolute atomic E-state index is 12.7. The number of hydrogen-bond acceptors (Lipinski definition) is 5. The average Bonchev–Trinajstić information content (AvgIpc) is 3.58. The van der Waals surface area contributed by atoms with Crippen molar-refractivity contribution in [3.05, 3.63) is 93.5 Å². The number of thiophene rings is 1. The van der Waals surface area contributed by atoms with Gasteiger partial charge in [0.2, 0.25) is 5.91 Å². The molecule has 3 heterocycles. The lowest BCUT2D eigenvalue weighted by Crippen LogP contribution is -2.29. The topological polar surface area (TPSA) is 112 Å². The van der Waals surface area contributed by atoms with Crippen molar-refractivity contribution in [1.29, 1.82) is 0 Å². The lowest BCUT2D eigenvalue weighted by molar-refractivity contribution is -0.117. The number of fused-ring (bicyclic) bond motifs is 1. The number of anilines is 1. The Morgan fingerprint density at radius 3 is 2.82 bits per heavy atom. The quantitative estimate of drug-likeness (QED) is 0.231. The Kier molecular flexibility index (Phi) is 6.16. The van der Waals surface area contributed by atoms with Gasteiger partial charge < -0.3 is 16.0 Å². The van der Waals surface area contributed by atoms with Crippen LogP contribution in [0.2, 0.25) is 5.15 Å². The standard InChI is InChI=1S/C25H21ClN6OS/c26-23-22(16-8-10-18-19(14-16)31-32-24(18)27)29-25(30-23)20(13-15-5-2-1-3-6-15)28-21(33)11-9-17-7-4-12-34-17/h1-12,14,20H,13H2,(H,28,33)(H,29,30)(H3,27,31,32)/t20-/m0/s1. The number of aromatic nitrogens is 4. The molecule has 2 aromatic carbocycles. The Morgan fingerprint density at radius 2 is 2.03 bits per heavy atom.